The third kappa shape index (κ3) is 4.16. The number of hydrogen-bond donors (Lipinski definition) is 1. The van der Waals surface area contributed by atoms with Gasteiger partial charge in [0.05, 0.1) is 31.1 Å². The number of methoxy groups -OCH3 is 2. The highest BCUT2D eigenvalue weighted by Crippen LogP contribution is 2.40. The van der Waals surface area contributed by atoms with Crippen molar-refractivity contribution in [2.24, 2.45) is 4.99 Å². The van der Waals surface area contributed by atoms with Gasteiger partial charge in [-0.2, -0.15) is 13.2 Å². The summed E-state index contributed by atoms with van der Waals surface area (Å²) in [4.78, 5) is 7.11. The number of nitrogens with one attached hydrogen (secondary N) is 1. The van der Waals surface area contributed by atoms with Gasteiger partial charge >= 0.3 is 6.18 Å². The second-order valence-corrected chi connectivity index (χ2v) is 8.72. The molecule has 4 heterocycles. The number of furan rings is 2. The van der Waals surface area contributed by atoms with Crippen molar-refractivity contribution in [2.45, 2.75) is 18.5 Å². The van der Waals surface area contributed by atoms with E-state index in [0.29, 0.717) is 40.1 Å². The second-order valence-electron chi connectivity index (χ2n) is 8.72. The van der Waals surface area contributed by atoms with Crippen LogP contribution in [0.25, 0.3) is 34.1 Å². The van der Waals surface area contributed by atoms with Gasteiger partial charge in [-0.3, -0.25) is 0 Å². The van der Waals surface area contributed by atoms with Gasteiger partial charge < -0.3 is 23.3 Å². The van der Waals surface area contributed by atoms with Crippen molar-refractivity contribution in [3.05, 3.63) is 94.4 Å². The van der Waals surface area contributed by atoms with Gasteiger partial charge in [-0.05, 0) is 42.8 Å². The smallest absolute Gasteiger partial charge is 0.420 e. The normalized spacial score (nSPS) is 18.3. The Bertz CT molecular complexity index is 1650. The van der Waals surface area contributed by atoms with Crippen LogP contribution < -0.4 is 15.5 Å². The Labute approximate surface area is 208 Å². The summed E-state index contributed by atoms with van der Waals surface area (Å²) in [6.07, 6.45) is 3.08. The Hall–Kier alpha value is -4.40. The Morgan fingerprint density at radius 3 is 2.49 bits per heavy atom. The Balaban J connectivity index is 1.34. The minimum absolute atomic E-state index is 0.0160. The lowest BCUT2D eigenvalue weighted by Gasteiger charge is -2.13. The number of allylic oxidation sites excluding steroid dienone is 5. The number of nitrogens with zero attached hydrogens (tertiary/aromatic N) is 1. The van der Waals surface area contributed by atoms with Crippen molar-refractivity contribution in [3.8, 4) is 17.1 Å². The summed E-state index contributed by atoms with van der Waals surface area (Å²) in [5, 5.41) is 0.340. The van der Waals surface area contributed by atoms with Gasteiger partial charge in [0, 0.05) is 35.8 Å². The van der Waals surface area contributed by atoms with Crippen LogP contribution in [0.2, 0.25) is 0 Å². The fraction of sp³-hybridized carbons (Fsp3) is 0.179. The van der Waals surface area contributed by atoms with E-state index in [2.05, 4.69) is 9.98 Å². The number of alkyl halides is 3. The highest BCUT2D eigenvalue weighted by atomic mass is 19.4. The molecule has 1 unspecified atom stereocenters. The van der Waals surface area contributed by atoms with Crippen LogP contribution in [-0.4, -0.2) is 25.4 Å². The fourth-order valence-electron chi connectivity index (χ4n) is 4.56. The minimum atomic E-state index is -4.66. The van der Waals surface area contributed by atoms with E-state index in [9.17, 15) is 13.2 Å². The Morgan fingerprint density at radius 1 is 1.05 bits per heavy atom. The van der Waals surface area contributed by atoms with Crippen LogP contribution in [0.4, 0.5) is 13.2 Å². The van der Waals surface area contributed by atoms with Crippen molar-refractivity contribution in [1.29, 1.82) is 0 Å². The van der Waals surface area contributed by atoms with E-state index in [1.165, 1.54) is 12.1 Å². The summed E-state index contributed by atoms with van der Waals surface area (Å²) in [5.74, 6) is 2.62. The molecule has 6 nitrogen and oxygen atoms in total. The molecule has 9 heteroatoms. The van der Waals surface area contributed by atoms with E-state index in [4.69, 9.17) is 18.3 Å². The Kier molecular flexibility index (Phi) is 5.36. The molecule has 0 amide bonds. The topological polar surface area (TPSA) is 72.9 Å². The highest BCUT2D eigenvalue weighted by Gasteiger charge is 2.39. The highest BCUT2D eigenvalue weighted by molar-refractivity contribution is 5.86. The van der Waals surface area contributed by atoms with Crippen LogP contribution in [0, 0.1) is 0 Å². The summed E-state index contributed by atoms with van der Waals surface area (Å²) in [7, 11) is 3.17. The molecule has 6 rings (SSSR count). The molecule has 1 aliphatic carbocycles. The van der Waals surface area contributed by atoms with E-state index in [-0.39, 0.29) is 22.7 Å². The van der Waals surface area contributed by atoms with E-state index < -0.39 is 11.7 Å². The predicted octanol–water partition coefficient (Wildman–Crippen LogP) is 5.99. The minimum Gasteiger partial charge on any atom is -0.497 e. The van der Waals surface area contributed by atoms with Crippen molar-refractivity contribution >= 4 is 22.7 Å². The lowest BCUT2D eigenvalue weighted by atomic mass is 9.97. The number of rotatable bonds is 5. The molecule has 188 valence electrons. The first-order valence-electron chi connectivity index (χ1n) is 11.5. The summed E-state index contributed by atoms with van der Waals surface area (Å²) >= 11 is 0. The van der Waals surface area contributed by atoms with Gasteiger partial charge in [-0.25, -0.2) is 4.99 Å². The maximum atomic E-state index is 14.2. The van der Waals surface area contributed by atoms with Gasteiger partial charge in [0.1, 0.15) is 34.0 Å². The average Bonchev–Trinajstić information content (AvgIpc) is 3.63. The molecule has 0 bridgehead atoms. The first kappa shape index (κ1) is 23.0. The molecule has 37 heavy (non-hydrogen) atoms. The summed E-state index contributed by atoms with van der Waals surface area (Å²) in [5.41, 5.74) is 0.638. The first-order chi connectivity index (χ1) is 17.8. The molecule has 0 radical (unpaired) electrons. The van der Waals surface area contributed by atoms with Crippen molar-refractivity contribution in [2.75, 3.05) is 14.2 Å². The molecule has 1 N–H and O–H groups in total. The number of ether oxygens (including phenoxy) is 2. The summed E-state index contributed by atoms with van der Waals surface area (Å²) < 4.78 is 64.7. The number of hydrogen-bond acceptors (Lipinski definition) is 5. The maximum Gasteiger partial charge on any atom is 0.420 e. The fourth-order valence-corrected chi connectivity index (χ4v) is 4.56. The molecule has 0 fully saturated rings. The number of halogens is 3. The molecule has 1 atom stereocenters. The average molecular weight is 506 g/mol. The number of fused-ring (bicyclic) bond motifs is 2. The van der Waals surface area contributed by atoms with Crippen molar-refractivity contribution in [1.82, 2.24) is 4.98 Å². The van der Waals surface area contributed by atoms with Crippen molar-refractivity contribution in [3.63, 3.8) is 0 Å². The quantitative estimate of drug-likeness (QED) is 0.361. The second kappa shape index (κ2) is 8.62. The SMILES string of the molecule is COC1=CCC(c2cc3[nH]c(C(=C4C=c5oc(-c6ccc(OC)cc6)cc5=N4)C(F)(F)F)cc3o2)C=C1. The summed E-state index contributed by atoms with van der Waals surface area (Å²) in [6, 6.07) is 11.9. The molecular formula is C28H21F3N2O4. The van der Waals surface area contributed by atoms with Crippen molar-refractivity contribution < 1.29 is 31.5 Å². The van der Waals surface area contributed by atoms with Gasteiger partial charge in [0.25, 0.3) is 0 Å². The van der Waals surface area contributed by atoms with E-state index >= 15 is 0 Å². The van der Waals surface area contributed by atoms with Crippen LogP contribution >= 0.6 is 0 Å². The van der Waals surface area contributed by atoms with Gasteiger partial charge in [0.15, 0.2) is 11.0 Å². The zero-order valence-electron chi connectivity index (χ0n) is 19.8. The van der Waals surface area contributed by atoms with Crippen LogP contribution in [-0.2, 0) is 4.74 Å². The third-order valence-electron chi connectivity index (χ3n) is 6.42. The summed E-state index contributed by atoms with van der Waals surface area (Å²) in [6.45, 7) is 0. The molecular weight excluding hydrogens is 485 g/mol. The Morgan fingerprint density at radius 2 is 1.86 bits per heavy atom. The van der Waals surface area contributed by atoms with Crippen LogP contribution in [0.5, 0.6) is 5.75 Å². The lowest BCUT2D eigenvalue weighted by Crippen LogP contribution is -2.14. The van der Waals surface area contributed by atoms with Crippen LogP contribution in [0.1, 0.15) is 23.8 Å². The molecule has 1 aromatic carbocycles. The van der Waals surface area contributed by atoms with Crippen LogP contribution in [0.15, 0.2) is 86.0 Å². The van der Waals surface area contributed by atoms with E-state index in [0.717, 1.165) is 11.3 Å². The zero-order valence-corrected chi connectivity index (χ0v) is 19.8. The molecule has 2 aliphatic rings. The van der Waals surface area contributed by atoms with Gasteiger partial charge in [-0.15, -0.1) is 0 Å². The number of aromatic amines is 1. The molecule has 3 aromatic heterocycles. The largest absolute Gasteiger partial charge is 0.497 e. The monoisotopic (exact) mass is 506 g/mol. The molecule has 0 saturated carbocycles. The standard InChI is InChI=1S/C28H21F3N2O4/c1-34-17-7-3-15(4-8-17)23-11-19-25(36-23)13-21(32-19)27(28(29,30)31)22-14-26-20(33-22)12-24(37-26)16-5-9-18(35-2)10-6-16/h3-5,7-14,16,33H,6H2,1-2H3. The van der Waals surface area contributed by atoms with Gasteiger partial charge in [0.2, 0.25) is 0 Å². The number of H-pyrrole nitrogens is 1. The van der Waals surface area contributed by atoms with Crippen LogP contribution in [0.3, 0.4) is 0 Å². The first-order valence-corrected chi connectivity index (χ1v) is 11.5. The van der Waals surface area contributed by atoms with E-state index in [1.54, 1.807) is 38.5 Å². The maximum absolute atomic E-state index is 14.2. The molecule has 0 saturated heterocycles. The third-order valence-corrected chi connectivity index (χ3v) is 6.42. The molecule has 4 aromatic rings. The van der Waals surface area contributed by atoms with E-state index in [1.807, 2.05) is 30.4 Å². The number of benzene rings is 1. The molecule has 0 spiro atoms. The lowest BCUT2D eigenvalue weighted by molar-refractivity contribution is -0.0694. The predicted molar refractivity (Wildman–Crippen MR) is 131 cm³/mol. The zero-order chi connectivity index (χ0) is 25.7. The van der Waals surface area contributed by atoms with Gasteiger partial charge in [-0.1, -0.05) is 6.08 Å². The molecule has 1 aliphatic heterocycles. The number of aromatic nitrogens is 1.